The minimum Gasteiger partial charge on any atom is -0.423 e. The van der Waals surface area contributed by atoms with Gasteiger partial charge >= 0.3 is 17.9 Å². The van der Waals surface area contributed by atoms with Crippen molar-refractivity contribution in [3.05, 3.63) is 63.8 Å². The summed E-state index contributed by atoms with van der Waals surface area (Å²) in [6.45, 7) is 8.72. The highest BCUT2D eigenvalue weighted by Crippen LogP contribution is 2.38. The molecule has 1 aliphatic rings. The van der Waals surface area contributed by atoms with Gasteiger partial charge in [0.05, 0.1) is 5.02 Å². The largest absolute Gasteiger partial charge is 0.423 e. The lowest BCUT2D eigenvalue weighted by atomic mass is 9.87. The average Bonchev–Trinajstić information content (AvgIpc) is 3.04. The number of cyclic esters (lactones) is 1. The SMILES string of the molecule is CC(=O)Oc1cc(/C=C2/N=C(c3ccc(C(C)(C)C)cc3)OC2=O)cc(Cl)c1OC(C)=O. The van der Waals surface area contributed by atoms with E-state index < -0.39 is 17.9 Å². The van der Waals surface area contributed by atoms with Crippen molar-refractivity contribution in [2.75, 3.05) is 0 Å². The Hall–Kier alpha value is -3.45. The van der Waals surface area contributed by atoms with Gasteiger partial charge in [-0.15, -0.1) is 0 Å². The molecular formula is C24H22ClNO6. The molecule has 0 unspecified atom stereocenters. The first kappa shape index (κ1) is 23.2. The van der Waals surface area contributed by atoms with Gasteiger partial charge in [-0.25, -0.2) is 9.79 Å². The van der Waals surface area contributed by atoms with E-state index in [2.05, 4.69) is 25.8 Å². The zero-order valence-corrected chi connectivity index (χ0v) is 19.1. The molecule has 8 heteroatoms. The van der Waals surface area contributed by atoms with Gasteiger partial charge in [0.25, 0.3) is 0 Å². The Balaban J connectivity index is 1.96. The van der Waals surface area contributed by atoms with Gasteiger partial charge in [-0.05, 0) is 46.9 Å². The van der Waals surface area contributed by atoms with E-state index >= 15 is 0 Å². The molecular weight excluding hydrogens is 434 g/mol. The normalized spacial score (nSPS) is 14.8. The number of rotatable bonds is 4. The zero-order chi connectivity index (χ0) is 23.6. The predicted molar refractivity (Wildman–Crippen MR) is 120 cm³/mol. The second-order valence-electron chi connectivity index (χ2n) is 8.18. The number of nitrogens with zero attached hydrogens (tertiary/aromatic N) is 1. The van der Waals surface area contributed by atoms with Crippen molar-refractivity contribution in [3.63, 3.8) is 0 Å². The van der Waals surface area contributed by atoms with E-state index in [-0.39, 0.29) is 33.5 Å². The van der Waals surface area contributed by atoms with Crippen molar-refractivity contribution in [3.8, 4) is 11.5 Å². The van der Waals surface area contributed by atoms with Gasteiger partial charge in [-0.3, -0.25) is 9.59 Å². The van der Waals surface area contributed by atoms with Crippen LogP contribution >= 0.6 is 11.6 Å². The van der Waals surface area contributed by atoms with Crippen LogP contribution in [-0.4, -0.2) is 23.8 Å². The molecule has 0 saturated heterocycles. The molecule has 0 bridgehead atoms. The maximum Gasteiger partial charge on any atom is 0.363 e. The Kier molecular flexibility index (Phi) is 6.50. The highest BCUT2D eigenvalue weighted by atomic mass is 35.5. The summed E-state index contributed by atoms with van der Waals surface area (Å²) in [4.78, 5) is 39.4. The van der Waals surface area contributed by atoms with E-state index in [0.717, 1.165) is 5.56 Å². The van der Waals surface area contributed by atoms with Crippen LogP contribution in [0.2, 0.25) is 5.02 Å². The van der Waals surface area contributed by atoms with Crippen molar-refractivity contribution < 1.29 is 28.6 Å². The number of carbonyl (C=O) groups is 3. The summed E-state index contributed by atoms with van der Waals surface area (Å²) in [7, 11) is 0. The van der Waals surface area contributed by atoms with Crippen LogP contribution in [0.15, 0.2) is 47.1 Å². The van der Waals surface area contributed by atoms with Crippen molar-refractivity contribution in [1.29, 1.82) is 0 Å². The number of hydrogen-bond acceptors (Lipinski definition) is 7. The number of benzene rings is 2. The predicted octanol–water partition coefficient (Wildman–Crippen LogP) is 4.83. The maximum atomic E-state index is 12.4. The molecule has 1 aliphatic heterocycles. The number of hydrogen-bond donors (Lipinski definition) is 0. The van der Waals surface area contributed by atoms with Crippen LogP contribution in [0.25, 0.3) is 6.08 Å². The Morgan fingerprint density at radius 3 is 2.22 bits per heavy atom. The quantitative estimate of drug-likeness (QED) is 0.372. The number of esters is 3. The van der Waals surface area contributed by atoms with Crippen LogP contribution in [0, 0.1) is 0 Å². The lowest BCUT2D eigenvalue weighted by Gasteiger charge is -2.18. The Morgan fingerprint density at radius 1 is 1.03 bits per heavy atom. The third kappa shape index (κ3) is 5.42. The summed E-state index contributed by atoms with van der Waals surface area (Å²) < 4.78 is 15.5. The highest BCUT2D eigenvalue weighted by molar-refractivity contribution is 6.32. The molecule has 2 aromatic carbocycles. The summed E-state index contributed by atoms with van der Waals surface area (Å²) in [6.07, 6.45) is 1.44. The van der Waals surface area contributed by atoms with Gasteiger partial charge in [-0.2, -0.15) is 0 Å². The highest BCUT2D eigenvalue weighted by Gasteiger charge is 2.25. The fourth-order valence-corrected chi connectivity index (χ4v) is 3.21. The first-order valence-corrected chi connectivity index (χ1v) is 10.2. The molecule has 7 nitrogen and oxygen atoms in total. The molecule has 0 radical (unpaired) electrons. The minimum atomic E-state index is -0.630. The van der Waals surface area contributed by atoms with Crippen LogP contribution in [0.1, 0.15) is 51.3 Å². The second-order valence-corrected chi connectivity index (χ2v) is 8.59. The molecule has 32 heavy (non-hydrogen) atoms. The molecule has 0 atom stereocenters. The van der Waals surface area contributed by atoms with Crippen LogP contribution in [0.5, 0.6) is 11.5 Å². The maximum absolute atomic E-state index is 12.4. The van der Waals surface area contributed by atoms with Crippen molar-refractivity contribution in [2.45, 2.75) is 40.0 Å². The van der Waals surface area contributed by atoms with Crippen LogP contribution < -0.4 is 9.47 Å². The molecule has 1 heterocycles. The van der Waals surface area contributed by atoms with E-state index in [1.807, 2.05) is 24.3 Å². The standard InChI is InChI=1S/C24H22ClNO6/c1-13(27)30-20-12-15(10-18(25)21(20)31-14(2)28)11-19-23(29)32-22(26-19)16-6-8-17(9-7-16)24(3,4)5/h6-12H,1-5H3/b19-11+. The van der Waals surface area contributed by atoms with Gasteiger partial charge in [-0.1, -0.05) is 44.5 Å². The second kappa shape index (κ2) is 8.96. The molecule has 2 aromatic rings. The number of halogens is 1. The van der Waals surface area contributed by atoms with E-state index in [1.54, 1.807) is 0 Å². The summed E-state index contributed by atoms with van der Waals surface area (Å²) in [6, 6.07) is 10.5. The first-order chi connectivity index (χ1) is 14.9. The van der Waals surface area contributed by atoms with Crippen molar-refractivity contribution in [2.24, 2.45) is 4.99 Å². The van der Waals surface area contributed by atoms with Crippen LogP contribution in [-0.2, 0) is 24.5 Å². The summed E-state index contributed by atoms with van der Waals surface area (Å²) >= 11 is 6.21. The molecule has 0 aromatic heterocycles. The lowest BCUT2D eigenvalue weighted by molar-refractivity contribution is -0.134. The number of carbonyl (C=O) groups excluding carboxylic acids is 3. The third-order valence-electron chi connectivity index (χ3n) is 4.45. The summed E-state index contributed by atoms with van der Waals surface area (Å²) in [5.41, 5.74) is 2.25. The fraction of sp³-hybridized carbons (Fsp3) is 0.250. The van der Waals surface area contributed by atoms with Gasteiger partial charge in [0.1, 0.15) is 0 Å². The van der Waals surface area contributed by atoms with Crippen molar-refractivity contribution >= 4 is 41.5 Å². The Bertz CT molecular complexity index is 1160. The topological polar surface area (TPSA) is 91.3 Å². The number of aliphatic imine (C=N–C) groups is 1. The molecule has 166 valence electrons. The van der Waals surface area contributed by atoms with E-state index in [0.29, 0.717) is 11.1 Å². The molecule has 0 spiro atoms. The van der Waals surface area contributed by atoms with E-state index in [1.165, 1.54) is 32.1 Å². The van der Waals surface area contributed by atoms with E-state index in [9.17, 15) is 14.4 Å². The molecule has 0 N–H and O–H groups in total. The Morgan fingerprint density at radius 2 is 1.66 bits per heavy atom. The third-order valence-corrected chi connectivity index (χ3v) is 4.73. The Labute approximate surface area is 190 Å². The summed E-state index contributed by atoms with van der Waals surface area (Å²) in [5.74, 6) is -1.84. The first-order valence-electron chi connectivity index (χ1n) is 9.78. The monoisotopic (exact) mass is 455 g/mol. The van der Waals surface area contributed by atoms with E-state index in [4.69, 9.17) is 25.8 Å². The molecule has 3 rings (SSSR count). The van der Waals surface area contributed by atoms with Gasteiger partial charge < -0.3 is 14.2 Å². The lowest BCUT2D eigenvalue weighted by Crippen LogP contribution is -2.11. The molecule has 0 amide bonds. The smallest absolute Gasteiger partial charge is 0.363 e. The van der Waals surface area contributed by atoms with Gasteiger partial charge in [0.2, 0.25) is 5.90 Å². The average molecular weight is 456 g/mol. The number of ether oxygens (including phenoxy) is 3. The molecule has 0 fully saturated rings. The fourth-order valence-electron chi connectivity index (χ4n) is 2.95. The zero-order valence-electron chi connectivity index (χ0n) is 18.3. The molecule has 0 aliphatic carbocycles. The van der Waals surface area contributed by atoms with Crippen molar-refractivity contribution in [1.82, 2.24) is 0 Å². The van der Waals surface area contributed by atoms with Crippen LogP contribution in [0.3, 0.4) is 0 Å². The molecule has 0 saturated carbocycles. The van der Waals surface area contributed by atoms with Crippen LogP contribution in [0.4, 0.5) is 0 Å². The minimum absolute atomic E-state index is 0.00502. The van der Waals surface area contributed by atoms with Gasteiger partial charge in [0, 0.05) is 19.4 Å². The van der Waals surface area contributed by atoms with Gasteiger partial charge in [0.15, 0.2) is 17.2 Å². The summed E-state index contributed by atoms with van der Waals surface area (Å²) in [5, 5.41) is 0.0270.